The zero-order chi connectivity index (χ0) is 13.3. The van der Waals surface area contributed by atoms with Crippen molar-refractivity contribution in [1.29, 1.82) is 0 Å². The number of benzene rings is 1. The maximum absolute atomic E-state index is 13.8. The normalized spacial score (nSPS) is 22.4. The molecule has 1 fully saturated rings. The van der Waals surface area contributed by atoms with E-state index in [1.807, 2.05) is 0 Å². The van der Waals surface area contributed by atoms with E-state index in [9.17, 15) is 9.18 Å². The molecule has 1 aromatic rings. The van der Waals surface area contributed by atoms with Crippen LogP contribution in [0, 0.1) is 11.7 Å². The fourth-order valence-corrected chi connectivity index (χ4v) is 2.49. The van der Waals surface area contributed by atoms with Crippen LogP contribution < -0.4 is 5.32 Å². The van der Waals surface area contributed by atoms with Crippen molar-refractivity contribution in [3.05, 3.63) is 28.0 Å². The number of hydrogen-bond donors (Lipinski definition) is 3. The number of anilines is 1. The molecule has 6 heteroatoms. The molecule has 0 radical (unpaired) electrons. The highest BCUT2D eigenvalue weighted by molar-refractivity contribution is 9.10. The van der Waals surface area contributed by atoms with Crippen LogP contribution >= 0.6 is 15.9 Å². The molecule has 1 aliphatic carbocycles. The molecule has 0 heterocycles. The van der Waals surface area contributed by atoms with Crippen LogP contribution in [0.2, 0.25) is 0 Å². The van der Waals surface area contributed by atoms with E-state index in [2.05, 4.69) is 21.2 Å². The van der Waals surface area contributed by atoms with Gasteiger partial charge >= 0.3 is 5.97 Å². The van der Waals surface area contributed by atoms with Gasteiger partial charge in [-0.1, -0.05) is 0 Å². The van der Waals surface area contributed by atoms with Gasteiger partial charge in [-0.3, -0.25) is 0 Å². The molecule has 1 aliphatic rings. The molecule has 4 nitrogen and oxygen atoms in total. The van der Waals surface area contributed by atoms with Gasteiger partial charge in [-0.2, -0.15) is 0 Å². The lowest BCUT2D eigenvalue weighted by Crippen LogP contribution is -2.33. The van der Waals surface area contributed by atoms with Crippen LogP contribution in [0.5, 0.6) is 0 Å². The van der Waals surface area contributed by atoms with Gasteiger partial charge in [0.2, 0.25) is 0 Å². The molecule has 0 atom stereocenters. The Bertz CT molecular complexity index is 475. The Morgan fingerprint density at radius 2 is 2.17 bits per heavy atom. The first-order valence-corrected chi connectivity index (χ1v) is 6.41. The number of halogens is 2. The number of carbonyl (C=O) groups is 1. The van der Waals surface area contributed by atoms with Crippen LogP contribution in [0.25, 0.3) is 0 Å². The molecule has 0 amide bonds. The number of aliphatic hydroxyl groups excluding tert-OH is 1. The standard InChI is InChI=1S/C12H13BrFNO3/c13-10-8(12(17)18)1-2-9(11(10)14)15-5-6-3-7(16)4-6/h1-2,6-7,15-16H,3-5H2,(H,17,18). The number of carboxylic acids is 1. The van der Waals surface area contributed by atoms with Crippen molar-refractivity contribution in [1.82, 2.24) is 0 Å². The first-order chi connectivity index (χ1) is 8.49. The van der Waals surface area contributed by atoms with Crippen molar-refractivity contribution < 1.29 is 19.4 Å². The summed E-state index contributed by atoms with van der Waals surface area (Å²) < 4.78 is 13.8. The smallest absolute Gasteiger partial charge is 0.336 e. The summed E-state index contributed by atoms with van der Waals surface area (Å²) in [6.07, 6.45) is 1.22. The van der Waals surface area contributed by atoms with Gasteiger partial charge in [0.05, 0.1) is 21.8 Å². The third kappa shape index (κ3) is 2.64. The average molecular weight is 318 g/mol. The Kier molecular flexibility index (Phi) is 3.87. The SMILES string of the molecule is O=C(O)c1ccc(NCC2CC(O)C2)c(F)c1Br. The maximum atomic E-state index is 13.8. The molecule has 1 aromatic carbocycles. The lowest BCUT2D eigenvalue weighted by Gasteiger charge is -2.31. The van der Waals surface area contributed by atoms with Gasteiger partial charge in [-0.05, 0) is 46.8 Å². The second kappa shape index (κ2) is 5.24. The molecular formula is C12H13BrFNO3. The summed E-state index contributed by atoms with van der Waals surface area (Å²) in [6.45, 7) is 0.576. The van der Waals surface area contributed by atoms with Crippen LogP contribution in [-0.4, -0.2) is 28.8 Å². The monoisotopic (exact) mass is 317 g/mol. The average Bonchev–Trinajstić information content (AvgIpc) is 2.27. The minimum Gasteiger partial charge on any atom is -0.478 e. The number of carboxylic acid groups (broad SMARTS) is 1. The van der Waals surface area contributed by atoms with E-state index < -0.39 is 11.8 Å². The molecule has 98 valence electrons. The molecule has 0 saturated heterocycles. The van der Waals surface area contributed by atoms with E-state index >= 15 is 0 Å². The van der Waals surface area contributed by atoms with Crippen molar-refractivity contribution >= 4 is 27.6 Å². The van der Waals surface area contributed by atoms with Gasteiger partial charge in [-0.25, -0.2) is 9.18 Å². The zero-order valence-corrected chi connectivity index (χ0v) is 11.1. The molecular weight excluding hydrogens is 305 g/mol. The Hall–Kier alpha value is -1.14. The molecule has 0 aliphatic heterocycles. The highest BCUT2D eigenvalue weighted by Crippen LogP contribution is 2.30. The number of nitrogens with one attached hydrogen (secondary N) is 1. The van der Waals surface area contributed by atoms with Crippen molar-refractivity contribution in [2.24, 2.45) is 5.92 Å². The number of hydrogen-bond acceptors (Lipinski definition) is 3. The lowest BCUT2D eigenvalue weighted by atomic mass is 9.82. The van der Waals surface area contributed by atoms with Gasteiger partial charge in [0.25, 0.3) is 0 Å². The van der Waals surface area contributed by atoms with Gasteiger partial charge in [0.15, 0.2) is 5.82 Å². The highest BCUT2D eigenvalue weighted by Gasteiger charge is 2.27. The second-order valence-corrected chi connectivity index (χ2v) is 5.26. The summed E-state index contributed by atoms with van der Waals surface area (Å²) in [5, 5.41) is 20.9. The molecule has 0 bridgehead atoms. The molecule has 1 saturated carbocycles. The van der Waals surface area contributed by atoms with E-state index in [0.717, 1.165) is 12.8 Å². The van der Waals surface area contributed by atoms with Gasteiger partial charge in [0, 0.05) is 6.54 Å². The lowest BCUT2D eigenvalue weighted by molar-refractivity contribution is 0.0486. The van der Waals surface area contributed by atoms with E-state index in [1.54, 1.807) is 0 Å². The van der Waals surface area contributed by atoms with Crippen LogP contribution in [0.1, 0.15) is 23.2 Å². The Morgan fingerprint density at radius 3 is 2.72 bits per heavy atom. The quantitative estimate of drug-likeness (QED) is 0.798. The molecule has 0 aromatic heterocycles. The van der Waals surface area contributed by atoms with E-state index in [4.69, 9.17) is 10.2 Å². The first kappa shape index (κ1) is 13.3. The van der Waals surface area contributed by atoms with Gasteiger partial charge < -0.3 is 15.5 Å². The van der Waals surface area contributed by atoms with Crippen LogP contribution in [0.3, 0.4) is 0 Å². The molecule has 0 unspecified atom stereocenters. The third-order valence-electron chi connectivity index (χ3n) is 3.10. The van der Waals surface area contributed by atoms with Gasteiger partial charge in [-0.15, -0.1) is 0 Å². The first-order valence-electron chi connectivity index (χ1n) is 5.62. The Morgan fingerprint density at radius 1 is 1.50 bits per heavy atom. The summed E-state index contributed by atoms with van der Waals surface area (Å²) in [5.41, 5.74) is 0.172. The summed E-state index contributed by atoms with van der Waals surface area (Å²) >= 11 is 2.94. The summed E-state index contributed by atoms with van der Waals surface area (Å²) in [4.78, 5) is 10.8. The Labute approximate surface area is 112 Å². The van der Waals surface area contributed by atoms with E-state index in [-0.39, 0.29) is 21.8 Å². The largest absolute Gasteiger partial charge is 0.478 e. The number of aromatic carboxylic acids is 1. The van der Waals surface area contributed by atoms with Crippen molar-refractivity contribution in [2.75, 3.05) is 11.9 Å². The summed E-state index contributed by atoms with van der Waals surface area (Å²) in [5.74, 6) is -1.43. The molecule has 18 heavy (non-hydrogen) atoms. The Balaban J connectivity index is 2.05. The van der Waals surface area contributed by atoms with Crippen LogP contribution in [0.15, 0.2) is 16.6 Å². The molecule has 0 spiro atoms. The summed E-state index contributed by atoms with van der Waals surface area (Å²) in [6, 6.07) is 2.77. The fraction of sp³-hybridized carbons (Fsp3) is 0.417. The number of aliphatic hydroxyl groups is 1. The zero-order valence-electron chi connectivity index (χ0n) is 9.49. The molecule has 2 rings (SSSR count). The summed E-state index contributed by atoms with van der Waals surface area (Å²) in [7, 11) is 0. The predicted octanol–water partition coefficient (Wildman–Crippen LogP) is 2.47. The van der Waals surface area contributed by atoms with Crippen molar-refractivity contribution in [2.45, 2.75) is 18.9 Å². The van der Waals surface area contributed by atoms with Crippen LogP contribution in [0.4, 0.5) is 10.1 Å². The third-order valence-corrected chi connectivity index (χ3v) is 3.88. The van der Waals surface area contributed by atoms with Crippen molar-refractivity contribution in [3.8, 4) is 0 Å². The van der Waals surface area contributed by atoms with Gasteiger partial charge in [0.1, 0.15) is 0 Å². The van der Waals surface area contributed by atoms with E-state index in [0.29, 0.717) is 12.5 Å². The minimum absolute atomic E-state index is 0.0476. The van der Waals surface area contributed by atoms with E-state index in [1.165, 1.54) is 12.1 Å². The van der Waals surface area contributed by atoms with Crippen molar-refractivity contribution in [3.63, 3.8) is 0 Å². The number of rotatable bonds is 4. The minimum atomic E-state index is -1.17. The fourth-order valence-electron chi connectivity index (χ4n) is 1.97. The maximum Gasteiger partial charge on any atom is 0.336 e. The predicted molar refractivity (Wildman–Crippen MR) is 68.3 cm³/mol. The molecule has 3 N–H and O–H groups in total. The van der Waals surface area contributed by atoms with Crippen LogP contribution in [-0.2, 0) is 0 Å². The second-order valence-electron chi connectivity index (χ2n) is 4.47. The highest BCUT2D eigenvalue weighted by atomic mass is 79.9. The topological polar surface area (TPSA) is 69.6 Å².